The summed E-state index contributed by atoms with van der Waals surface area (Å²) in [7, 11) is 0. The number of hydrogen-bond donors (Lipinski definition) is 0. The van der Waals surface area contributed by atoms with Crippen LogP contribution in [0, 0.1) is 20.8 Å². The number of thiophene rings is 1. The molecule has 3 aromatic rings. The van der Waals surface area contributed by atoms with E-state index in [1.165, 1.54) is 5.56 Å². The van der Waals surface area contributed by atoms with Crippen LogP contribution >= 0.6 is 11.3 Å². The highest BCUT2D eigenvalue weighted by Crippen LogP contribution is 2.35. The number of aryl methyl sites for hydroxylation is 3. The summed E-state index contributed by atoms with van der Waals surface area (Å²) in [5.41, 5.74) is 3.86. The van der Waals surface area contributed by atoms with E-state index in [-0.39, 0.29) is 0 Å². The SMILES string of the molecule is Cc1cc(-c2cnc(C)nc2-c2sccc2C)on1. The molecule has 0 aromatic carbocycles. The molecule has 0 aliphatic rings. The van der Waals surface area contributed by atoms with Gasteiger partial charge in [-0.15, -0.1) is 11.3 Å². The molecular weight excluding hydrogens is 258 g/mol. The molecule has 0 spiro atoms. The van der Waals surface area contributed by atoms with Crippen LogP contribution in [0.4, 0.5) is 0 Å². The second-order valence-electron chi connectivity index (χ2n) is 4.44. The van der Waals surface area contributed by atoms with Crippen molar-refractivity contribution in [2.24, 2.45) is 0 Å². The van der Waals surface area contributed by atoms with Crippen molar-refractivity contribution in [2.75, 3.05) is 0 Å². The molecule has 3 aromatic heterocycles. The van der Waals surface area contributed by atoms with E-state index in [2.05, 4.69) is 33.5 Å². The zero-order valence-electron chi connectivity index (χ0n) is 11.0. The second kappa shape index (κ2) is 4.59. The second-order valence-corrected chi connectivity index (χ2v) is 5.36. The van der Waals surface area contributed by atoms with Crippen LogP contribution in [0.25, 0.3) is 21.9 Å². The van der Waals surface area contributed by atoms with Crippen molar-refractivity contribution in [1.29, 1.82) is 0 Å². The van der Waals surface area contributed by atoms with Gasteiger partial charge in [-0.1, -0.05) is 5.16 Å². The minimum atomic E-state index is 0.709. The van der Waals surface area contributed by atoms with Gasteiger partial charge in [-0.3, -0.25) is 0 Å². The van der Waals surface area contributed by atoms with E-state index in [1.54, 1.807) is 17.5 Å². The van der Waals surface area contributed by atoms with Crippen LogP contribution in [0.3, 0.4) is 0 Å². The Hall–Kier alpha value is -2.01. The highest BCUT2D eigenvalue weighted by Gasteiger charge is 2.16. The fourth-order valence-electron chi connectivity index (χ4n) is 1.93. The number of hydrogen-bond acceptors (Lipinski definition) is 5. The lowest BCUT2D eigenvalue weighted by Gasteiger charge is -2.05. The Kier molecular flexibility index (Phi) is 2.91. The fourth-order valence-corrected chi connectivity index (χ4v) is 2.86. The first-order valence-electron chi connectivity index (χ1n) is 5.97. The molecule has 0 saturated heterocycles. The molecule has 4 nitrogen and oxygen atoms in total. The Morgan fingerprint density at radius 2 is 2.05 bits per heavy atom. The van der Waals surface area contributed by atoms with Crippen molar-refractivity contribution in [3.8, 4) is 21.9 Å². The molecule has 0 bridgehead atoms. The third-order valence-electron chi connectivity index (χ3n) is 2.88. The van der Waals surface area contributed by atoms with Crippen molar-refractivity contribution in [2.45, 2.75) is 20.8 Å². The van der Waals surface area contributed by atoms with Gasteiger partial charge < -0.3 is 4.52 Å². The van der Waals surface area contributed by atoms with Crippen LogP contribution in [-0.2, 0) is 0 Å². The third-order valence-corrected chi connectivity index (χ3v) is 3.90. The molecular formula is C14H13N3OS. The summed E-state index contributed by atoms with van der Waals surface area (Å²) < 4.78 is 5.34. The Labute approximate surface area is 115 Å². The molecule has 96 valence electrons. The summed E-state index contributed by atoms with van der Waals surface area (Å²) in [4.78, 5) is 9.99. The van der Waals surface area contributed by atoms with Crippen molar-refractivity contribution < 1.29 is 4.52 Å². The van der Waals surface area contributed by atoms with Crippen molar-refractivity contribution >= 4 is 11.3 Å². The van der Waals surface area contributed by atoms with Gasteiger partial charge in [0, 0.05) is 12.3 Å². The molecule has 5 heteroatoms. The van der Waals surface area contributed by atoms with Gasteiger partial charge in [0.05, 0.1) is 21.8 Å². The van der Waals surface area contributed by atoms with E-state index in [4.69, 9.17) is 4.52 Å². The maximum absolute atomic E-state index is 5.34. The van der Waals surface area contributed by atoms with Gasteiger partial charge in [-0.2, -0.15) is 0 Å². The normalized spacial score (nSPS) is 10.9. The Balaban J connectivity index is 2.23. The van der Waals surface area contributed by atoms with Gasteiger partial charge in [0.1, 0.15) is 5.82 Å². The van der Waals surface area contributed by atoms with Gasteiger partial charge in [-0.05, 0) is 37.8 Å². The lowest BCUT2D eigenvalue weighted by Crippen LogP contribution is -1.94. The molecule has 0 aliphatic carbocycles. The first-order valence-corrected chi connectivity index (χ1v) is 6.85. The van der Waals surface area contributed by atoms with E-state index in [0.29, 0.717) is 5.76 Å². The minimum Gasteiger partial charge on any atom is -0.356 e. The summed E-state index contributed by atoms with van der Waals surface area (Å²) in [6.45, 7) is 5.87. The van der Waals surface area contributed by atoms with Crippen LogP contribution in [0.1, 0.15) is 17.1 Å². The highest BCUT2D eigenvalue weighted by molar-refractivity contribution is 7.13. The molecule has 3 rings (SSSR count). The van der Waals surface area contributed by atoms with Gasteiger partial charge in [-0.25, -0.2) is 9.97 Å². The minimum absolute atomic E-state index is 0.709. The van der Waals surface area contributed by atoms with Crippen molar-refractivity contribution in [1.82, 2.24) is 15.1 Å². The van der Waals surface area contributed by atoms with Crippen LogP contribution in [0.2, 0.25) is 0 Å². The summed E-state index contributed by atoms with van der Waals surface area (Å²) >= 11 is 1.67. The zero-order valence-corrected chi connectivity index (χ0v) is 11.8. The first kappa shape index (κ1) is 12.0. The molecule has 0 N–H and O–H groups in total. The van der Waals surface area contributed by atoms with E-state index in [1.807, 2.05) is 19.9 Å². The van der Waals surface area contributed by atoms with Gasteiger partial charge >= 0.3 is 0 Å². The zero-order chi connectivity index (χ0) is 13.4. The number of rotatable bonds is 2. The number of aromatic nitrogens is 3. The Morgan fingerprint density at radius 1 is 1.21 bits per heavy atom. The van der Waals surface area contributed by atoms with E-state index in [9.17, 15) is 0 Å². The topological polar surface area (TPSA) is 51.8 Å². The quantitative estimate of drug-likeness (QED) is 0.711. The predicted molar refractivity (Wildman–Crippen MR) is 75.1 cm³/mol. The molecule has 0 amide bonds. The average Bonchev–Trinajstić information content (AvgIpc) is 2.98. The molecule has 0 atom stereocenters. The largest absolute Gasteiger partial charge is 0.356 e. The number of nitrogens with zero attached hydrogens (tertiary/aromatic N) is 3. The molecule has 19 heavy (non-hydrogen) atoms. The van der Waals surface area contributed by atoms with E-state index < -0.39 is 0 Å². The molecule has 0 unspecified atom stereocenters. The smallest absolute Gasteiger partial charge is 0.170 e. The summed E-state index contributed by atoms with van der Waals surface area (Å²) in [6, 6.07) is 3.99. The Bertz CT molecular complexity index is 730. The van der Waals surface area contributed by atoms with Crippen molar-refractivity contribution in [3.05, 3.63) is 40.8 Å². The maximum Gasteiger partial charge on any atom is 0.170 e. The maximum atomic E-state index is 5.34. The summed E-state index contributed by atoms with van der Waals surface area (Å²) in [5, 5.41) is 6.00. The third kappa shape index (κ3) is 2.17. The molecule has 0 aliphatic heterocycles. The molecule has 0 fully saturated rings. The van der Waals surface area contributed by atoms with Crippen LogP contribution < -0.4 is 0 Å². The van der Waals surface area contributed by atoms with Crippen LogP contribution in [-0.4, -0.2) is 15.1 Å². The van der Waals surface area contributed by atoms with Crippen LogP contribution in [0.15, 0.2) is 28.2 Å². The fraction of sp³-hybridized carbons (Fsp3) is 0.214. The molecule has 0 radical (unpaired) electrons. The van der Waals surface area contributed by atoms with Crippen LogP contribution in [0.5, 0.6) is 0 Å². The monoisotopic (exact) mass is 271 g/mol. The van der Waals surface area contributed by atoms with Gasteiger partial charge in [0.15, 0.2) is 5.76 Å². The predicted octanol–water partition coefficient (Wildman–Crippen LogP) is 3.79. The van der Waals surface area contributed by atoms with E-state index >= 15 is 0 Å². The molecule has 3 heterocycles. The lowest BCUT2D eigenvalue weighted by molar-refractivity contribution is 0.427. The summed E-state index contributed by atoms with van der Waals surface area (Å²) in [5.74, 6) is 1.46. The highest BCUT2D eigenvalue weighted by atomic mass is 32.1. The Morgan fingerprint density at radius 3 is 2.68 bits per heavy atom. The average molecular weight is 271 g/mol. The van der Waals surface area contributed by atoms with E-state index in [0.717, 1.165) is 27.7 Å². The summed E-state index contributed by atoms with van der Waals surface area (Å²) in [6.07, 6.45) is 1.80. The molecule has 0 saturated carbocycles. The standard InChI is InChI=1S/C14H13N3OS/c1-8-4-5-19-14(8)13-11(7-15-10(3)16-13)12-6-9(2)17-18-12/h4-7H,1-3H3. The lowest BCUT2D eigenvalue weighted by atomic mass is 10.1. The van der Waals surface area contributed by atoms with Gasteiger partial charge in [0.25, 0.3) is 0 Å². The van der Waals surface area contributed by atoms with Crippen molar-refractivity contribution in [3.63, 3.8) is 0 Å². The van der Waals surface area contributed by atoms with Gasteiger partial charge in [0.2, 0.25) is 0 Å². The first-order chi connectivity index (χ1) is 9.15.